The number of rotatable bonds is 8. The predicted octanol–water partition coefficient (Wildman–Crippen LogP) is 4.84. The SMILES string of the molecule is O=C(CSc1ccc(/C=N\NC(=O)c2ccccc2[N+](=O)[O-])o1)Nc1ccc2ccccc2c1. The van der Waals surface area contributed by atoms with Gasteiger partial charge in [-0.25, -0.2) is 5.43 Å². The summed E-state index contributed by atoms with van der Waals surface area (Å²) in [5.74, 6) is -0.398. The average Bonchev–Trinajstić information content (AvgIpc) is 3.30. The number of hydrazone groups is 1. The highest BCUT2D eigenvalue weighted by molar-refractivity contribution is 7.99. The van der Waals surface area contributed by atoms with Gasteiger partial charge in [0, 0.05) is 11.8 Å². The zero-order chi connectivity index (χ0) is 23.9. The Morgan fingerprint density at radius 3 is 2.59 bits per heavy atom. The van der Waals surface area contributed by atoms with Gasteiger partial charge in [-0.1, -0.05) is 54.2 Å². The first-order valence-corrected chi connectivity index (χ1v) is 11.1. The Balaban J connectivity index is 1.28. The molecule has 1 heterocycles. The summed E-state index contributed by atoms with van der Waals surface area (Å²) in [6.07, 6.45) is 1.27. The number of furan rings is 1. The van der Waals surface area contributed by atoms with Crippen molar-refractivity contribution in [3.8, 4) is 0 Å². The molecule has 0 bridgehead atoms. The maximum Gasteiger partial charge on any atom is 0.282 e. The number of fused-ring (bicyclic) bond motifs is 1. The fourth-order valence-corrected chi connectivity index (χ4v) is 3.79. The summed E-state index contributed by atoms with van der Waals surface area (Å²) in [5.41, 5.74) is 2.54. The van der Waals surface area contributed by atoms with Crippen LogP contribution in [0.2, 0.25) is 0 Å². The van der Waals surface area contributed by atoms with E-state index in [1.807, 2.05) is 42.5 Å². The lowest BCUT2D eigenvalue weighted by Crippen LogP contribution is -2.18. The number of hydrogen-bond acceptors (Lipinski definition) is 7. The molecule has 34 heavy (non-hydrogen) atoms. The molecule has 0 saturated heterocycles. The van der Waals surface area contributed by atoms with Crippen LogP contribution in [0.25, 0.3) is 10.8 Å². The number of nitro benzene ring substituents is 1. The predicted molar refractivity (Wildman–Crippen MR) is 130 cm³/mol. The van der Waals surface area contributed by atoms with Gasteiger partial charge in [0.15, 0.2) is 5.09 Å². The smallest absolute Gasteiger partial charge is 0.282 e. The third-order valence-corrected chi connectivity index (χ3v) is 5.59. The van der Waals surface area contributed by atoms with Gasteiger partial charge in [0.1, 0.15) is 11.3 Å². The highest BCUT2D eigenvalue weighted by Gasteiger charge is 2.18. The third-order valence-electron chi connectivity index (χ3n) is 4.68. The fraction of sp³-hybridized carbons (Fsp3) is 0.0417. The topological polar surface area (TPSA) is 127 Å². The molecule has 0 atom stereocenters. The number of carbonyl (C=O) groups is 2. The molecule has 0 aliphatic heterocycles. The zero-order valence-corrected chi connectivity index (χ0v) is 18.5. The molecule has 0 saturated carbocycles. The van der Waals surface area contributed by atoms with Gasteiger partial charge in [0.2, 0.25) is 5.91 Å². The van der Waals surface area contributed by atoms with E-state index in [2.05, 4.69) is 15.8 Å². The van der Waals surface area contributed by atoms with Crippen molar-refractivity contribution in [3.63, 3.8) is 0 Å². The van der Waals surface area contributed by atoms with Crippen LogP contribution < -0.4 is 10.7 Å². The molecule has 2 amide bonds. The molecule has 1 aromatic heterocycles. The Morgan fingerprint density at radius 1 is 1.00 bits per heavy atom. The lowest BCUT2D eigenvalue weighted by molar-refractivity contribution is -0.385. The molecule has 3 aromatic carbocycles. The van der Waals surface area contributed by atoms with Crippen LogP contribution in [0, 0.1) is 10.1 Å². The van der Waals surface area contributed by atoms with Crippen molar-refractivity contribution in [2.75, 3.05) is 11.1 Å². The quantitative estimate of drug-likeness (QED) is 0.163. The van der Waals surface area contributed by atoms with Gasteiger partial charge in [-0.3, -0.25) is 19.7 Å². The molecule has 0 aliphatic rings. The van der Waals surface area contributed by atoms with E-state index in [1.165, 1.54) is 42.2 Å². The first kappa shape index (κ1) is 22.7. The van der Waals surface area contributed by atoms with Crippen LogP contribution in [0.5, 0.6) is 0 Å². The number of amides is 2. The number of carbonyl (C=O) groups excluding carboxylic acids is 2. The zero-order valence-electron chi connectivity index (χ0n) is 17.6. The largest absolute Gasteiger partial charge is 0.449 e. The minimum Gasteiger partial charge on any atom is -0.449 e. The normalized spacial score (nSPS) is 10.9. The average molecular weight is 474 g/mol. The molecule has 0 unspecified atom stereocenters. The van der Waals surface area contributed by atoms with Crippen molar-refractivity contribution in [1.82, 2.24) is 5.43 Å². The van der Waals surface area contributed by atoms with Crippen LogP contribution >= 0.6 is 11.8 Å². The summed E-state index contributed by atoms with van der Waals surface area (Å²) in [6, 6.07) is 22.5. The van der Waals surface area contributed by atoms with E-state index in [4.69, 9.17) is 4.42 Å². The van der Waals surface area contributed by atoms with Crippen molar-refractivity contribution in [3.05, 3.63) is 100 Å². The van der Waals surface area contributed by atoms with E-state index in [1.54, 1.807) is 12.1 Å². The second-order valence-corrected chi connectivity index (χ2v) is 8.01. The Labute approximate surface area is 198 Å². The molecule has 0 fully saturated rings. The summed E-state index contributed by atoms with van der Waals surface area (Å²) >= 11 is 1.21. The lowest BCUT2D eigenvalue weighted by Gasteiger charge is -2.06. The summed E-state index contributed by atoms with van der Waals surface area (Å²) in [7, 11) is 0. The van der Waals surface area contributed by atoms with Gasteiger partial charge in [-0.2, -0.15) is 5.10 Å². The Kier molecular flexibility index (Phi) is 6.99. The molecule has 0 radical (unpaired) electrons. The summed E-state index contributed by atoms with van der Waals surface area (Å²) in [5, 5.41) is 20.3. The first-order valence-electron chi connectivity index (χ1n) is 10.1. The van der Waals surface area contributed by atoms with E-state index in [0.29, 0.717) is 16.5 Å². The van der Waals surface area contributed by atoms with E-state index in [-0.39, 0.29) is 22.9 Å². The van der Waals surface area contributed by atoms with E-state index in [9.17, 15) is 19.7 Å². The molecule has 0 spiro atoms. The maximum absolute atomic E-state index is 12.3. The molecular weight excluding hydrogens is 456 g/mol. The number of hydrogen-bond donors (Lipinski definition) is 2. The number of para-hydroxylation sites is 1. The summed E-state index contributed by atoms with van der Waals surface area (Å²) in [4.78, 5) is 34.8. The Morgan fingerprint density at radius 2 is 1.76 bits per heavy atom. The highest BCUT2D eigenvalue weighted by atomic mass is 32.2. The van der Waals surface area contributed by atoms with Crippen molar-refractivity contribution >= 4 is 51.9 Å². The van der Waals surface area contributed by atoms with Gasteiger partial charge in [0.05, 0.1) is 16.9 Å². The standard InChI is InChI=1S/C24H18N4O5S/c29-22(26-18-10-9-16-5-1-2-6-17(16)13-18)15-34-23-12-11-19(33-23)14-25-27-24(30)20-7-3-4-8-21(20)28(31)32/h1-14H,15H2,(H,26,29)(H,27,30)/b25-14-. The van der Waals surface area contributed by atoms with Crippen LogP contribution in [-0.4, -0.2) is 28.7 Å². The highest BCUT2D eigenvalue weighted by Crippen LogP contribution is 2.22. The molecule has 4 aromatic rings. The van der Waals surface area contributed by atoms with Crippen LogP contribution in [-0.2, 0) is 4.79 Å². The molecule has 170 valence electrons. The van der Waals surface area contributed by atoms with Gasteiger partial charge >= 0.3 is 0 Å². The Hall–Kier alpha value is -4.44. The summed E-state index contributed by atoms with van der Waals surface area (Å²) < 4.78 is 5.57. The molecule has 10 heteroatoms. The monoisotopic (exact) mass is 474 g/mol. The van der Waals surface area contributed by atoms with Crippen LogP contribution in [0.15, 0.2) is 93.5 Å². The molecular formula is C24H18N4O5S. The minimum absolute atomic E-state index is 0.0993. The summed E-state index contributed by atoms with van der Waals surface area (Å²) in [6.45, 7) is 0. The number of benzene rings is 3. The molecule has 4 rings (SSSR count). The van der Waals surface area contributed by atoms with Crippen molar-refractivity contribution in [1.29, 1.82) is 0 Å². The second-order valence-electron chi connectivity index (χ2n) is 7.03. The van der Waals surface area contributed by atoms with Crippen LogP contribution in [0.1, 0.15) is 16.1 Å². The van der Waals surface area contributed by atoms with Gasteiger partial charge < -0.3 is 9.73 Å². The van der Waals surface area contributed by atoms with Gasteiger partial charge in [0.25, 0.3) is 11.6 Å². The van der Waals surface area contributed by atoms with Gasteiger partial charge in [-0.15, -0.1) is 0 Å². The third kappa shape index (κ3) is 5.67. The van der Waals surface area contributed by atoms with Crippen LogP contribution in [0.3, 0.4) is 0 Å². The van der Waals surface area contributed by atoms with Crippen molar-refractivity contribution < 1.29 is 18.9 Å². The molecule has 0 aliphatic carbocycles. The number of thioether (sulfide) groups is 1. The number of nitrogens with zero attached hydrogens (tertiary/aromatic N) is 2. The Bertz CT molecular complexity index is 1400. The van der Waals surface area contributed by atoms with Crippen LogP contribution in [0.4, 0.5) is 11.4 Å². The fourth-order valence-electron chi connectivity index (χ4n) is 3.12. The molecule has 9 nitrogen and oxygen atoms in total. The maximum atomic E-state index is 12.3. The first-order chi connectivity index (χ1) is 16.5. The molecule has 2 N–H and O–H groups in total. The van der Waals surface area contributed by atoms with Crippen molar-refractivity contribution in [2.45, 2.75) is 5.09 Å². The van der Waals surface area contributed by atoms with Gasteiger partial charge in [-0.05, 0) is 41.1 Å². The number of anilines is 1. The van der Waals surface area contributed by atoms with E-state index in [0.717, 1.165) is 10.8 Å². The van der Waals surface area contributed by atoms with E-state index >= 15 is 0 Å². The number of nitrogens with one attached hydrogen (secondary N) is 2. The lowest BCUT2D eigenvalue weighted by atomic mass is 10.1. The van der Waals surface area contributed by atoms with E-state index < -0.39 is 10.8 Å². The number of nitro groups is 1. The second kappa shape index (κ2) is 10.5. The van der Waals surface area contributed by atoms with Crippen molar-refractivity contribution in [2.24, 2.45) is 5.10 Å². The minimum atomic E-state index is -0.713.